The van der Waals surface area contributed by atoms with Gasteiger partial charge in [-0.15, -0.1) is 0 Å². The molecule has 0 aromatic heterocycles. The average Bonchev–Trinajstić information content (AvgIpc) is 2.69. The second-order valence-electron chi connectivity index (χ2n) is 5.17. The maximum Gasteiger partial charge on any atom is 0.326 e. The second-order valence-corrected chi connectivity index (χ2v) is 5.17. The number of anilines is 1. The fourth-order valence-electron chi connectivity index (χ4n) is 2.28. The number of carbonyl (C=O) groups is 3. The molecule has 2 rings (SSSR count). The van der Waals surface area contributed by atoms with Crippen LogP contribution in [-0.2, 0) is 14.3 Å². The Kier molecular flexibility index (Phi) is 4.73. The first-order valence-electron chi connectivity index (χ1n) is 7.17. The molecule has 112 valence electrons. The molecule has 0 radical (unpaired) electrons. The van der Waals surface area contributed by atoms with Gasteiger partial charge in [-0.3, -0.25) is 19.3 Å². The summed E-state index contributed by atoms with van der Waals surface area (Å²) in [6, 6.07) is 5.17. The molecule has 0 saturated carbocycles. The fraction of sp³-hybridized carbons (Fsp3) is 0.438. The minimum atomic E-state index is -0.666. The molecule has 0 fully saturated rings. The number of ketones is 1. The van der Waals surface area contributed by atoms with Crippen molar-refractivity contribution < 1.29 is 19.1 Å². The van der Waals surface area contributed by atoms with E-state index < -0.39 is 17.7 Å². The summed E-state index contributed by atoms with van der Waals surface area (Å²) >= 11 is 0. The smallest absolute Gasteiger partial charge is 0.326 e. The summed E-state index contributed by atoms with van der Waals surface area (Å²) in [7, 11) is 0. The zero-order valence-electron chi connectivity index (χ0n) is 12.3. The van der Waals surface area contributed by atoms with Crippen molar-refractivity contribution in [1.82, 2.24) is 0 Å². The van der Waals surface area contributed by atoms with Gasteiger partial charge >= 0.3 is 5.97 Å². The van der Waals surface area contributed by atoms with Crippen LogP contribution in [0.1, 0.15) is 42.1 Å². The summed E-state index contributed by atoms with van der Waals surface area (Å²) in [5.74, 6) is -1.71. The molecule has 5 nitrogen and oxygen atoms in total. The highest BCUT2D eigenvalue weighted by Gasteiger charge is 2.36. The van der Waals surface area contributed by atoms with E-state index in [4.69, 9.17) is 4.74 Å². The number of benzene rings is 1. The average molecular weight is 289 g/mol. The minimum absolute atomic E-state index is 0.216. The third kappa shape index (κ3) is 3.29. The highest BCUT2D eigenvalue weighted by molar-refractivity contribution is 6.52. The van der Waals surface area contributed by atoms with Gasteiger partial charge in [0.15, 0.2) is 0 Å². The van der Waals surface area contributed by atoms with Crippen LogP contribution in [0.2, 0.25) is 0 Å². The van der Waals surface area contributed by atoms with Crippen LogP contribution in [0.3, 0.4) is 0 Å². The number of esters is 1. The number of aryl methyl sites for hydroxylation is 1. The Labute approximate surface area is 123 Å². The van der Waals surface area contributed by atoms with E-state index in [-0.39, 0.29) is 6.54 Å². The molecule has 0 aliphatic carbocycles. The zero-order valence-corrected chi connectivity index (χ0v) is 12.3. The summed E-state index contributed by atoms with van der Waals surface area (Å²) in [4.78, 5) is 36.8. The Balaban J connectivity index is 2.03. The van der Waals surface area contributed by atoms with E-state index in [9.17, 15) is 14.4 Å². The maximum absolute atomic E-state index is 12.0. The van der Waals surface area contributed by atoms with Crippen molar-refractivity contribution in [2.45, 2.75) is 33.1 Å². The minimum Gasteiger partial charge on any atom is -0.464 e. The Morgan fingerprint density at radius 2 is 2.00 bits per heavy atom. The third-order valence-corrected chi connectivity index (χ3v) is 3.43. The van der Waals surface area contributed by atoms with Crippen molar-refractivity contribution in [2.24, 2.45) is 0 Å². The van der Waals surface area contributed by atoms with Crippen LogP contribution in [0.5, 0.6) is 0 Å². The second kappa shape index (κ2) is 6.52. The molecule has 0 bridgehead atoms. The first kappa shape index (κ1) is 15.2. The number of hydrogen-bond acceptors (Lipinski definition) is 4. The normalized spacial score (nSPS) is 13.5. The largest absolute Gasteiger partial charge is 0.464 e. The fourth-order valence-corrected chi connectivity index (χ4v) is 2.28. The van der Waals surface area contributed by atoms with Crippen LogP contribution >= 0.6 is 0 Å². The Bertz CT molecular complexity index is 580. The number of fused-ring (bicyclic) bond motifs is 1. The van der Waals surface area contributed by atoms with E-state index >= 15 is 0 Å². The summed E-state index contributed by atoms with van der Waals surface area (Å²) in [5, 5.41) is 0. The molecule has 0 saturated heterocycles. The van der Waals surface area contributed by atoms with Crippen LogP contribution in [0.25, 0.3) is 0 Å². The molecule has 0 unspecified atom stereocenters. The van der Waals surface area contributed by atoms with Gasteiger partial charge < -0.3 is 4.74 Å². The first-order valence-corrected chi connectivity index (χ1v) is 7.17. The van der Waals surface area contributed by atoms with Gasteiger partial charge in [-0.2, -0.15) is 0 Å². The predicted molar refractivity (Wildman–Crippen MR) is 78.3 cm³/mol. The molecular formula is C16H19NO4. The van der Waals surface area contributed by atoms with Gasteiger partial charge in [-0.1, -0.05) is 31.4 Å². The zero-order chi connectivity index (χ0) is 15.4. The number of amides is 1. The molecule has 0 spiro atoms. The molecule has 1 amide bonds. The summed E-state index contributed by atoms with van der Waals surface area (Å²) in [5.41, 5.74) is 1.75. The maximum atomic E-state index is 12.0. The van der Waals surface area contributed by atoms with Crippen LogP contribution in [0.4, 0.5) is 5.69 Å². The summed E-state index contributed by atoms with van der Waals surface area (Å²) < 4.78 is 5.08. The van der Waals surface area contributed by atoms with Crippen molar-refractivity contribution >= 4 is 23.3 Å². The number of nitrogens with zero attached hydrogens (tertiary/aromatic N) is 1. The Morgan fingerprint density at radius 1 is 1.24 bits per heavy atom. The van der Waals surface area contributed by atoms with Crippen LogP contribution in [-0.4, -0.2) is 30.8 Å². The summed E-state index contributed by atoms with van der Waals surface area (Å²) in [6.45, 7) is 4.05. The Hall–Kier alpha value is -2.17. The van der Waals surface area contributed by atoms with Gasteiger partial charge in [0.1, 0.15) is 6.54 Å². The van der Waals surface area contributed by atoms with Gasteiger partial charge in [-0.25, -0.2) is 0 Å². The Morgan fingerprint density at radius 3 is 2.71 bits per heavy atom. The molecular weight excluding hydrogens is 270 g/mol. The van der Waals surface area contributed by atoms with Crippen LogP contribution < -0.4 is 4.90 Å². The molecule has 1 aliphatic heterocycles. The van der Waals surface area contributed by atoms with E-state index in [0.29, 0.717) is 17.9 Å². The SMILES string of the molecule is CCCCCOC(=O)CN1C(=O)C(=O)c2cc(C)ccc21. The van der Waals surface area contributed by atoms with Gasteiger partial charge in [0.2, 0.25) is 0 Å². The molecule has 0 atom stereocenters. The number of hydrogen-bond donors (Lipinski definition) is 0. The van der Waals surface area contributed by atoms with Gasteiger partial charge in [0.25, 0.3) is 11.7 Å². The van der Waals surface area contributed by atoms with Crippen LogP contribution in [0, 0.1) is 6.92 Å². The standard InChI is InChI=1S/C16H19NO4/c1-3-4-5-8-21-14(18)10-17-13-7-6-11(2)9-12(13)15(19)16(17)20/h6-7,9H,3-5,8,10H2,1-2H3. The van der Waals surface area contributed by atoms with Gasteiger partial charge in [0, 0.05) is 0 Å². The van der Waals surface area contributed by atoms with E-state index in [1.165, 1.54) is 4.90 Å². The highest BCUT2D eigenvalue weighted by atomic mass is 16.5. The molecule has 0 N–H and O–H groups in total. The van der Waals surface area contributed by atoms with E-state index in [0.717, 1.165) is 24.8 Å². The third-order valence-electron chi connectivity index (χ3n) is 3.43. The van der Waals surface area contributed by atoms with Crippen molar-refractivity contribution in [1.29, 1.82) is 0 Å². The number of carbonyl (C=O) groups excluding carboxylic acids is 3. The van der Waals surface area contributed by atoms with Crippen LogP contribution in [0.15, 0.2) is 18.2 Å². The molecule has 1 heterocycles. The monoisotopic (exact) mass is 289 g/mol. The van der Waals surface area contributed by atoms with Crippen molar-refractivity contribution in [3.05, 3.63) is 29.3 Å². The topological polar surface area (TPSA) is 63.7 Å². The number of ether oxygens (including phenoxy) is 1. The number of rotatable bonds is 6. The predicted octanol–water partition coefficient (Wildman–Crippen LogP) is 2.26. The van der Waals surface area contributed by atoms with Crippen molar-refractivity contribution in [3.8, 4) is 0 Å². The molecule has 1 aromatic rings. The lowest BCUT2D eigenvalue weighted by Crippen LogP contribution is -2.35. The van der Waals surface area contributed by atoms with Crippen molar-refractivity contribution in [3.63, 3.8) is 0 Å². The first-order chi connectivity index (χ1) is 10.0. The highest BCUT2D eigenvalue weighted by Crippen LogP contribution is 2.29. The number of Topliss-reactive ketones (excluding diaryl/α,β-unsaturated/α-hetero) is 1. The quantitative estimate of drug-likeness (QED) is 0.458. The molecule has 1 aliphatic rings. The molecule has 5 heteroatoms. The van der Waals surface area contributed by atoms with Gasteiger partial charge in [-0.05, 0) is 25.5 Å². The van der Waals surface area contributed by atoms with Crippen molar-refractivity contribution in [2.75, 3.05) is 18.1 Å². The lowest BCUT2D eigenvalue weighted by atomic mass is 10.1. The lowest BCUT2D eigenvalue weighted by molar-refractivity contribution is -0.142. The number of unbranched alkanes of at least 4 members (excludes halogenated alkanes) is 2. The van der Waals surface area contributed by atoms with E-state index in [2.05, 4.69) is 6.92 Å². The van der Waals surface area contributed by atoms with E-state index in [1.54, 1.807) is 12.1 Å². The summed E-state index contributed by atoms with van der Waals surface area (Å²) in [6.07, 6.45) is 2.85. The lowest BCUT2D eigenvalue weighted by Gasteiger charge is -2.15. The van der Waals surface area contributed by atoms with E-state index in [1.807, 2.05) is 13.0 Å². The molecule has 21 heavy (non-hydrogen) atoms. The molecule has 1 aromatic carbocycles. The van der Waals surface area contributed by atoms with Gasteiger partial charge in [0.05, 0.1) is 17.9 Å².